The Balaban J connectivity index is 1.98. The first-order chi connectivity index (χ1) is 15.1. The Morgan fingerprint density at radius 2 is 1.13 bits per heavy atom. The zero-order valence-corrected chi connectivity index (χ0v) is 22.3. The Kier molecular flexibility index (Phi) is 8.76. The molecule has 2 amide bonds. The first-order valence-electron chi connectivity index (χ1n) is 12.1. The standard InChI is InChI=1S/C15H10NO2.3C4H9.Sn/c17-14-12-8-4-5-9-13(12)15(18)16(14)10-11-6-2-1-3-7-11;3*1-3-4-2;/h1-6,8-9H,10H2;3*1,3-4H2,2H3;. The predicted molar refractivity (Wildman–Crippen MR) is 132 cm³/mol. The first-order valence-corrected chi connectivity index (χ1v) is 19.6. The molecule has 0 atom stereocenters. The van der Waals surface area contributed by atoms with E-state index in [1.165, 1.54) is 62.3 Å². The van der Waals surface area contributed by atoms with Gasteiger partial charge in [-0.3, -0.25) is 0 Å². The molecule has 0 fully saturated rings. The van der Waals surface area contributed by atoms with Gasteiger partial charge in [-0.15, -0.1) is 0 Å². The molecule has 3 nitrogen and oxygen atoms in total. The number of rotatable bonds is 12. The van der Waals surface area contributed by atoms with Crippen molar-refractivity contribution in [1.29, 1.82) is 0 Å². The molecule has 0 radical (unpaired) electrons. The summed E-state index contributed by atoms with van der Waals surface area (Å²) in [4.78, 5) is 27.5. The van der Waals surface area contributed by atoms with Crippen LogP contribution in [0.2, 0.25) is 13.3 Å². The number of carbonyl (C=O) groups is 2. The van der Waals surface area contributed by atoms with Crippen LogP contribution in [-0.2, 0) is 6.54 Å². The number of fused-ring (bicyclic) bond motifs is 1. The quantitative estimate of drug-likeness (QED) is 0.233. The average molecular weight is 526 g/mol. The Morgan fingerprint density at radius 1 is 0.677 bits per heavy atom. The summed E-state index contributed by atoms with van der Waals surface area (Å²) >= 11 is -2.67. The van der Waals surface area contributed by atoms with Crippen molar-refractivity contribution in [1.82, 2.24) is 4.90 Å². The topological polar surface area (TPSA) is 37.4 Å². The van der Waals surface area contributed by atoms with Crippen molar-refractivity contribution in [2.24, 2.45) is 0 Å². The van der Waals surface area contributed by atoms with Crippen LogP contribution in [0.4, 0.5) is 0 Å². The normalized spacial score (nSPS) is 13.7. The molecule has 31 heavy (non-hydrogen) atoms. The zero-order valence-electron chi connectivity index (χ0n) is 19.5. The van der Waals surface area contributed by atoms with Gasteiger partial charge in [-0.2, -0.15) is 0 Å². The van der Waals surface area contributed by atoms with Crippen LogP contribution in [0.3, 0.4) is 0 Å². The van der Waals surface area contributed by atoms with Crippen LogP contribution in [0.25, 0.3) is 0 Å². The maximum atomic E-state index is 13.0. The van der Waals surface area contributed by atoms with Gasteiger partial charge in [-0.25, -0.2) is 0 Å². The Labute approximate surface area is 192 Å². The van der Waals surface area contributed by atoms with Gasteiger partial charge in [0.2, 0.25) is 0 Å². The second kappa shape index (κ2) is 11.3. The van der Waals surface area contributed by atoms with Crippen LogP contribution < -0.4 is 3.58 Å². The molecule has 166 valence electrons. The zero-order chi connectivity index (χ0) is 22.3. The summed E-state index contributed by atoms with van der Waals surface area (Å²) in [5.74, 6) is -0.293. The monoisotopic (exact) mass is 527 g/mol. The van der Waals surface area contributed by atoms with Crippen molar-refractivity contribution in [2.45, 2.75) is 79.2 Å². The summed E-state index contributed by atoms with van der Waals surface area (Å²) in [6.45, 7) is 7.29. The second-order valence-electron chi connectivity index (χ2n) is 8.99. The van der Waals surface area contributed by atoms with E-state index in [2.05, 4.69) is 45.0 Å². The minimum atomic E-state index is -2.67. The third-order valence-corrected chi connectivity index (χ3v) is 22.7. The van der Waals surface area contributed by atoms with E-state index in [0.717, 1.165) is 0 Å². The summed E-state index contributed by atoms with van der Waals surface area (Å²) in [5, 5.41) is 0. The third kappa shape index (κ3) is 5.24. The van der Waals surface area contributed by atoms with Crippen LogP contribution in [-0.4, -0.2) is 35.1 Å². The van der Waals surface area contributed by atoms with Crippen molar-refractivity contribution in [3.63, 3.8) is 0 Å². The molecule has 3 rings (SSSR count). The molecule has 4 heteroatoms. The van der Waals surface area contributed by atoms with E-state index in [1.54, 1.807) is 15.7 Å². The molecule has 0 saturated heterocycles. The number of imide groups is 1. The number of benzene rings is 2. The maximum absolute atomic E-state index is 13.0. The van der Waals surface area contributed by atoms with Crippen LogP contribution in [0.1, 0.15) is 85.6 Å². The van der Waals surface area contributed by atoms with Crippen LogP contribution in [0.5, 0.6) is 0 Å². The van der Waals surface area contributed by atoms with Gasteiger partial charge in [0.25, 0.3) is 0 Å². The molecule has 0 bridgehead atoms. The van der Waals surface area contributed by atoms with E-state index in [-0.39, 0.29) is 11.8 Å². The van der Waals surface area contributed by atoms with Gasteiger partial charge in [-0.05, 0) is 0 Å². The van der Waals surface area contributed by atoms with E-state index in [4.69, 9.17) is 0 Å². The van der Waals surface area contributed by atoms with Gasteiger partial charge in [0.15, 0.2) is 0 Å². The Morgan fingerprint density at radius 3 is 1.61 bits per heavy atom. The number of carbonyl (C=O) groups excluding carboxylic acids is 2. The molecule has 0 N–H and O–H groups in total. The summed E-state index contributed by atoms with van der Waals surface area (Å²) in [5.41, 5.74) is 2.31. The van der Waals surface area contributed by atoms with Gasteiger partial charge in [-0.1, -0.05) is 0 Å². The average Bonchev–Trinajstić information content (AvgIpc) is 3.04. The fraction of sp³-hybridized carbons (Fsp3) is 0.481. The van der Waals surface area contributed by atoms with Gasteiger partial charge in [0.05, 0.1) is 0 Å². The summed E-state index contributed by atoms with van der Waals surface area (Å²) in [6.07, 6.45) is 7.59. The number of hydrogen-bond donors (Lipinski definition) is 0. The molecule has 2 aromatic rings. The minimum absolute atomic E-state index is 0.146. The molecular weight excluding hydrogens is 489 g/mol. The molecule has 0 unspecified atom stereocenters. The molecule has 0 saturated carbocycles. The second-order valence-corrected chi connectivity index (χ2v) is 22.1. The van der Waals surface area contributed by atoms with Gasteiger partial charge in [0, 0.05) is 0 Å². The van der Waals surface area contributed by atoms with E-state index < -0.39 is 18.4 Å². The number of nitrogens with zero attached hydrogens (tertiary/aromatic N) is 1. The molecule has 0 aromatic heterocycles. The predicted octanol–water partition coefficient (Wildman–Crippen LogP) is 6.54. The molecule has 0 spiro atoms. The van der Waals surface area contributed by atoms with Gasteiger partial charge < -0.3 is 0 Å². The van der Waals surface area contributed by atoms with Crippen molar-refractivity contribution in [2.75, 3.05) is 0 Å². The molecular formula is C27H37NO2Sn. The van der Waals surface area contributed by atoms with E-state index >= 15 is 0 Å². The molecule has 1 aliphatic heterocycles. The Hall–Kier alpha value is -1.62. The van der Waals surface area contributed by atoms with Crippen LogP contribution in [0, 0.1) is 0 Å². The number of hydrogen-bond acceptors (Lipinski definition) is 2. The van der Waals surface area contributed by atoms with E-state index in [0.29, 0.717) is 17.7 Å². The fourth-order valence-electron chi connectivity index (χ4n) is 5.05. The van der Waals surface area contributed by atoms with Crippen molar-refractivity contribution in [3.05, 3.63) is 65.2 Å². The molecule has 1 heterocycles. The first kappa shape index (κ1) is 24.0. The summed E-state index contributed by atoms with van der Waals surface area (Å²) in [7, 11) is 0. The number of amides is 2. The van der Waals surface area contributed by atoms with E-state index in [1.807, 2.05) is 12.1 Å². The van der Waals surface area contributed by atoms with Crippen molar-refractivity contribution in [3.8, 4) is 0 Å². The molecule has 2 aromatic carbocycles. The molecule has 1 aliphatic rings. The SMILES string of the molecule is CCC[CH2][Sn]([CH2]CCC)([CH2]CCC)[c]1ccccc1CN1C(=O)c2ccccc2C1=O. The van der Waals surface area contributed by atoms with Crippen LogP contribution in [0.15, 0.2) is 48.5 Å². The Bertz CT molecular complexity index is 851. The van der Waals surface area contributed by atoms with Crippen molar-refractivity contribution >= 4 is 33.8 Å². The van der Waals surface area contributed by atoms with Crippen LogP contribution >= 0.6 is 0 Å². The third-order valence-electron chi connectivity index (χ3n) is 6.82. The summed E-state index contributed by atoms with van der Waals surface area (Å²) < 4.78 is 5.70. The van der Waals surface area contributed by atoms with E-state index in [9.17, 15) is 9.59 Å². The van der Waals surface area contributed by atoms with Gasteiger partial charge in [0.1, 0.15) is 0 Å². The fourth-order valence-corrected chi connectivity index (χ4v) is 22.0. The number of unbranched alkanes of at least 4 members (excludes halogenated alkanes) is 3. The van der Waals surface area contributed by atoms with Gasteiger partial charge >= 0.3 is 193 Å². The molecule has 0 aliphatic carbocycles. The van der Waals surface area contributed by atoms with Crippen molar-refractivity contribution < 1.29 is 9.59 Å². The summed E-state index contributed by atoms with van der Waals surface area (Å²) in [6, 6.07) is 16.0.